The Hall–Kier alpha value is -2.37. The van der Waals surface area contributed by atoms with Gasteiger partial charge in [-0.2, -0.15) is 0 Å². The van der Waals surface area contributed by atoms with E-state index >= 15 is 0 Å². The van der Waals surface area contributed by atoms with Crippen molar-refractivity contribution in [3.8, 4) is 0 Å². The first-order valence-corrected chi connectivity index (χ1v) is 10.6. The van der Waals surface area contributed by atoms with Crippen molar-refractivity contribution in [2.75, 3.05) is 13.6 Å². The van der Waals surface area contributed by atoms with Gasteiger partial charge in [0.1, 0.15) is 11.5 Å². The molecule has 4 nitrogen and oxygen atoms in total. The number of nitrogens with one attached hydrogen (secondary N) is 1. The molecular weight excluding hydrogens is 368 g/mol. The van der Waals surface area contributed by atoms with Crippen LogP contribution in [0, 0.1) is 5.92 Å². The van der Waals surface area contributed by atoms with E-state index in [1.807, 2.05) is 47.7 Å². The van der Waals surface area contributed by atoms with Crippen LogP contribution in [-0.4, -0.2) is 24.4 Å². The first kappa shape index (κ1) is 19.0. The van der Waals surface area contributed by atoms with Crippen LogP contribution in [0.5, 0.6) is 0 Å². The van der Waals surface area contributed by atoms with Crippen LogP contribution in [0.3, 0.4) is 0 Å². The van der Waals surface area contributed by atoms with Gasteiger partial charge >= 0.3 is 0 Å². The van der Waals surface area contributed by atoms with E-state index in [0.717, 1.165) is 27.9 Å². The molecular formula is C23H26N2O2S. The summed E-state index contributed by atoms with van der Waals surface area (Å²) in [6, 6.07) is 18.2. The van der Waals surface area contributed by atoms with Gasteiger partial charge in [-0.1, -0.05) is 43.3 Å². The minimum atomic E-state index is -0.117. The van der Waals surface area contributed by atoms with Gasteiger partial charge in [0.05, 0.1) is 19.1 Å². The Morgan fingerprint density at radius 3 is 2.68 bits per heavy atom. The number of hydrogen-bond acceptors (Lipinski definition) is 4. The predicted molar refractivity (Wildman–Crippen MR) is 112 cm³/mol. The van der Waals surface area contributed by atoms with Crippen LogP contribution in [0.4, 0.5) is 0 Å². The third-order valence-corrected chi connectivity index (χ3v) is 6.20. The molecule has 0 aliphatic heterocycles. The molecule has 0 radical (unpaired) electrons. The van der Waals surface area contributed by atoms with Crippen LogP contribution in [0.15, 0.2) is 64.4 Å². The smallest absolute Gasteiger partial charge is 0.234 e. The van der Waals surface area contributed by atoms with E-state index in [-0.39, 0.29) is 11.9 Å². The Kier molecular flexibility index (Phi) is 5.64. The molecule has 3 atom stereocenters. The lowest BCUT2D eigenvalue weighted by molar-refractivity contribution is -0.122. The van der Waals surface area contributed by atoms with E-state index in [1.54, 1.807) is 11.3 Å². The van der Waals surface area contributed by atoms with Gasteiger partial charge in [-0.25, -0.2) is 0 Å². The molecule has 5 heteroatoms. The van der Waals surface area contributed by atoms with Crippen molar-refractivity contribution in [3.63, 3.8) is 0 Å². The number of hydrogen-bond donors (Lipinski definition) is 1. The predicted octanol–water partition coefficient (Wildman–Crippen LogP) is 4.80. The summed E-state index contributed by atoms with van der Waals surface area (Å²) < 4.78 is 5.97. The number of thiophene rings is 1. The number of carbonyl (C=O) groups excluding carboxylic acids is 1. The van der Waals surface area contributed by atoms with Crippen LogP contribution in [-0.2, 0) is 11.3 Å². The van der Waals surface area contributed by atoms with E-state index in [0.29, 0.717) is 19.0 Å². The Bertz CT molecular complexity index is 904. The van der Waals surface area contributed by atoms with Gasteiger partial charge in [0.15, 0.2) is 0 Å². The van der Waals surface area contributed by atoms with Crippen molar-refractivity contribution in [2.45, 2.75) is 31.8 Å². The minimum Gasteiger partial charge on any atom is -0.464 e. The average molecular weight is 395 g/mol. The highest BCUT2D eigenvalue weighted by Crippen LogP contribution is 2.47. The van der Waals surface area contributed by atoms with Gasteiger partial charge in [0.25, 0.3) is 0 Å². The molecule has 0 saturated heterocycles. The highest BCUT2D eigenvalue weighted by molar-refractivity contribution is 7.10. The second-order valence-electron chi connectivity index (χ2n) is 7.72. The fraction of sp³-hybridized carbons (Fsp3) is 0.348. The molecule has 0 bridgehead atoms. The van der Waals surface area contributed by atoms with Crippen LogP contribution in [0.2, 0.25) is 0 Å². The Morgan fingerprint density at radius 2 is 2.00 bits per heavy atom. The van der Waals surface area contributed by atoms with Crippen molar-refractivity contribution in [1.29, 1.82) is 0 Å². The van der Waals surface area contributed by atoms with E-state index in [4.69, 9.17) is 4.42 Å². The summed E-state index contributed by atoms with van der Waals surface area (Å²) in [6.07, 6.45) is 1.22. The fourth-order valence-corrected chi connectivity index (χ4v) is 4.39. The third kappa shape index (κ3) is 4.54. The lowest BCUT2D eigenvalue weighted by atomic mass is 10.1. The van der Waals surface area contributed by atoms with Gasteiger partial charge in [0, 0.05) is 10.8 Å². The number of carbonyl (C=O) groups is 1. The zero-order chi connectivity index (χ0) is 19.5. The van der Waals surface area contributed by atoms with E-state index < -0.39 is 0 Å². The van der Waals surface area contributed by atoms with E-state index in [9.17, 15) is 4.79 Å². The van der Waals surface area contributed by atoms with Crippen molar-refractivity contribution in [1.82, 2.24) is 10.2 Å². The third-order valence-electron chi connectivity index (χ3n) is 5.26. The quantitative estimate of drug-likeness (QED) is 0.597. The molecule has 1 N–H and O–H groups in total. The lowest BCUT2D eigenvalue weighted by Crippen LogP contribution is -2.37. The SMILES string of the molecule is C[C@@H]1C[C@H]1c1ccc(CN(C)CC(=O)N[C@@H](c2ccccc2)c2cccs2)o1. The number of benzene rings is 1. The molecule has 146 valence electrons. The largest absolute Gasteiger partial charge is 0.464 e. The number of likely N-dealkylation sites (N-methyl/N-ethyl adjacent to an activating group) is 1. The number of furan rings is 1. The topological polar surface area (TPSA) is 45.5 Å². The van der Waals surface area contributed by atoms with Crippen molar-refractivity contribution in [2.24, 2.45) is 5.92 Å². The van der Waals surface area contributed by atoms with Gasteiger partial charge < -0.3 is 9.73 Å². The van der Waals surface area contributed by atoms with Crippen molar-refractivity contribution in [3.05, 3.63) is 81.9 Å². The Labute approximate surface area is 170 Å². The molecule has 0 spiro atoms. The normalized spacial score (nSPS) is 19.5. The molecule has 2 heterocycles. The van der Waals surface area contributed by atoms with Gasteiger partial charge in [-0.05, 0) is 48.5 Å². The summed E-state index contributed by atoms with van der Waals surface area (Å²) in [6.45, 7) is 3.20. The average Bonchev–Trinajstić information content (AvgIpc) is 3.07. The van der Waals surface area contributed by atoms with Crippen molar-refractivity contribution >= 4 is 17.2 Å². The van der Waals surface area contributed by atoms with Gasteiger partial charge in [-0.3, -0.25) is 9.69 Å². The Balaban J connectivity index is 1.36. The molecule has 2 aromatic heterocycles. The first-order chi connectivity index (χ1) is 13.6. The second kappa shape index (κ2) is 8.33. The maximum absolute atomic E-state index is 12.7. The van der Waals surface area contributed by atoms with Crippen LogP contribution in [0.1, 0.15) is 47.3 Å². The highest BCUT2D eigenvalue weighted by Gasteiger charge is 2.36. The summed E-state index contributed by atoms with van der Waals surface area (Å²) in [5.74, 6) is 3.33. The summed E-state index contributed by atoms with van der Waals surface area (Å²) >= 11 is 1.66. The number of rotatable bonds is 8. The summed E-state index contributed by atoms with van der Waals surface area (Å²) in [4.78, 5) is 15.8. The fourth-order valence-electron chi connectivity index (χ4n) is 3.59. The van der Waals surface area contributed by atoms with Crippen LogP contribution >= 0.6 is 11.3 Å². The molecule has 1 aliphatic rings. The van der Waals surface area contributed by atoms with E-state index in [1.165, 1.54) is 6.42 Å². The molecule has 1 amide bonds. The minimum absolute atomic E-state index is 0.00680. The molecule has 3 aromatic rings. The standard InChI is InChI=1S/C23H26N2O2S/c1-16-13-19(16)20-11-10-18(27-20)14-25(2)15-22(26)24-23(21-9-6-12-28-21)17-7-4-3-5-8-17/h3-12,16,19,23H,13-15H2,1-2H3,(H,24,26)/t16-,19-,23+/m1/s1. The van der Waals surface area contributed by atoms with Crippen molar-refractivity contribution < 1.29 is 9.21 Å². The number of nitrogens with zero attached hydrogens (tertiary/aromatic N) is 1. The monoisotopic (exact) mass is 394 g/mol. The molecule has 0 unspecified atom stereocenters. The molecule has 1 aromatic carbocycles. The lowest BCUT2D eigenvalue weighted by Gasteiger charge is -2.21. The summed E-state index contributed by atoms with van der Waals surface area (Å²) in [5, 5.41) is 5.23. The molecule has 1 fully saturated rings. The maximum atomic E-state index is 12.7. The van der Waals surface area contributed by atoms with Crippen LogP contribution < -0.4 is 5.32 Å². The summed E-state index contributed by atoms with van der Waals surface area (Å²) in [5.41, 5.74) is 1.09. The zero-order valence-corrected chi connectivity index (χ0v) is 17.1. The van der Waals surface area contributed by atoms with Crippen LogP contribution in [0.25, 0.3) is 0 Å². The highest BCUT2D eigenvalue weighted by atomic mass is 32.1. The number of amides is 1. The summed E-state index contributed by atoms with van der Waals surface area (Å²) in [7, 11) is 1.95. The van der Waals surface area contributed by atoms with Gasteiger partial charge in [0.2, 0.25) is 5.91 Å². The molecule has 4 rings (SSSR count). The first-order valence-electron chi connectivity index (χ1n) is 9.75. The zero-order valence-electron chi connectivity index (χ0n) is 16.3. The molecule has 28 heavy (non-hydrogen) atoms. The van der Waals surface area contributed by atoms with E-state index in [2.05, 4.69) is 36.5 Å². The molecule has 1 saturated carbocycles. The van der Waals surface area contributed by atoms with Gasteiger partial charge in [-0.15, -0.1) is 11.3 Å². The second-order valence-corrected chi connectivity index (χ2v) is 8.70. The molecule has 1 aliphatic carbocycles. The maximum Gasteiger partial charge on any atom is 0.234 e. The Morgan fingerprint density at radius 1 is 1.21 bits per heavy atom.